The molecule has 1 fully saturated rings. The maximum Gasteiger partial charge on any atom is 0.224 e. The first-order valence-electron chi connectivity index (χ1n) is 6.54. The van der Waals surface area contributed by atoms with E-state index in [-0.39, 0.29) is 0 Å². The molecule has 94 valence electrons. The fourth-order valence-electron chi connectivity index (χ4n) is 2.01. The van der Waals surface area contributed by atoms with Gasteiger partial charge in [0, 0.05) is 31.4 Å². The third-order valence-corrected chi connectivity index (χ3v) is 3.10. The Kier molecular flexibility index (Phi) is 3.82. The minimum absolute atomic E-state index is 0.709. The highest BCUT2D eigenvalue weighted by atomic mass is 15.3. The van der Waals surface area contributed by atoms with Crippen LogP contribution in [0.1, 0.15) is 38.3 Å². The van der Waals surface area contributed by atoms with Crippen molar-refractivity contribution < 1.29 is 0 Å². The van der Waals surface area contributed by atoms with Crippen molar-refractivity contribution in [2.45, 2.75) is 45.6 Å². The Bertz CT molecular complexity index is 374. The minimum Gasteiger partial charge on any atom is -0.357 e. The average molecular weight is 234 g/mol. The molecule has 0 radical (unpaired) electrons. The average Bonchev–Trinajstić information content (AvgIpc) is 3.13. The van der Waals surface area contributed by atoms with Crippen molar-refractivity contribution in [1.29, 1.82) is 0 Å². The van der Waals surface area contributed by atoms with E-state index in [1.807, 2.05) is 14.0 Å². The van der Waals surface area contributed by atoms with Crippen LogP contribution < -0.4 is 10.2 Å². The van der Waals surface area contributed by atoms with Crippen molar-refractivity contribution in [1.82, 2.24) is 9.97 Å². The monoisotopic (exact) mass is 234 g/mol. The molecule has 1 aromatic rings. The smallest absolute Gasteiger partial charge is 0.224 e. The molecule has 0 atom stereocenters. The summed E-state index contributed by atoms with van der Waals surface area (Å²) in [6, 6.07) is 2.80. The van der Waals surface area contributed by atoms with Crippen LogP contribution in [0.25, 0.3) is 0 Å². The summed E-state index contributed by atoms with van der Waals surface area (Å²) < 4.78 is 0. The molecule has 1 heterocycles. The Morgan fingerprint density at radius 1 is 1.41 bits per heavy atom. The Labute approximate surface area is 103 Å². The van der Waals surface area contributed by atoms with Crippen LogP contribution in [-0.4, -0.2) is 29.6 Å². The molecular weight excluding hydrogens is 212 g/mol. The summed E-state index contributed by atoms with van der Waals surface area (Å²) in [5, 5.41) is 3.03. The van der Waals surface area contributed by atoms with Gasteiger partial charge < -0.3 is 10.2 Å². The zero-order valence-corrected chi connectivity index (χ0v) is 11.0. The van der Waals surface area contributed by atoms with Gasteiger partial charge in [0.25, 0.3) is 0 Å². The van der Waals surface area contributed by atoms with E-state index in [1.54, 1.807) is 0 Å². The number of unbranched alkanes of at least 4 members (excludes halogenated alkanes) is 1. The van der Waals surface area contributed by atoms with Gasteiger partial charge in [-0.2, -0.15) is 4.98 Å². The summed E-state index contributed by atoms with van der Waals surface area (Å²) >= 11 is 0. The first kappa shape index (κ1) is 12.1. The second-order valence-corrected chi connectivity index (χ2v) is 4.72. The van der Waals surface area contributed by atoms with E-state index in [2.05, 4.69) is 33.2 Å². The normalized spacial score (nSPS) is 14.8. The fraction of sp³-hybridized carbons (Fsp3) is 0.692. The van der Waals surface area contributed by atoms with Gasteiger partial charge in [-0.25, -0.2) is 4.98 Å². The summed E-state index contributed by atoms with van der Waals surface area (Å²) in [6.45, 7) is 5.37. The SMILES string of the molecule is CCCCN(c1cc(C)nc(NC)n1)C1CC1. The molecule has 17 heavy (non-hydrogen) atoms. The van der Waals surface area contributed by atoms with Gasteiger partial charge in [0.05, 0.1) is 0 Å². The van der Waals surface area contributed by atoms with Crippen molar-refractivity contribution >= 4 is 11.8 Å². The molecule has 0 spiro atoms. The van der Waals surface area contributed by atoms with E-state index < -0.39 is 0 Å². The molecule has 1 aromatic heterocycles. The van der Waals surface area contributed by atoms with Crippen molar-refractivity contribution in [3.63, 3.8) is 0 Å². The Morgan fingerprint density at radius 3 is 2.76 bits per heavy atom. The first-order valence-corrected chi connectivity index (χ1v) is 6.54. The number of anilines is 2. The van der Waals surface area contributed by atoms with Gasteiger partial charge in [-0.15, -0.1) is 0 Å². The number of rotatable bonds is 6. The van der Waals surface area contributed by atoms with Crippen molar-refractivity contribution in [3.05, 3.63) is 11.8 Å². The van der Waals surface area contributed by atoms with Crippen molar-refractivity contribution in [2.75, 3.05) is 23.8 Å². The summed E-state index contributed by atoms with van der Waals surface area (Å²) in [4.78, 5) is 11.4. The quantitative estimate of drug-likeness (QED) is 0.821. The number of hydrogen-bond donors (Lipinski definition) is 1. The molecule has 0 aromatic carbocycles. The standard InChI is InChI=1S/C13H22N4/c1-4-5-8-17(11-6-7-11)12-9-10(2)15-13(14-3)16-12/h9,11H,4-8H2,1-3H3,(H,14,15,16). The molecule has 0 amide bonds. The Balaban J connectivity index is 2.18. The number of nitrogens with one attached hydrogen (secondary N) is 1. The van der Waals surface area contributed by atoms with Gasteiger partial charge in [0.15, 0.2) is 0 Å². The van der Waals surface area contributed by atoms with Crippen LogP contribution in [0.5, 0.6) is 0 Å². The lowest BCUT2D eigenvalue weighted by Crippen LogP contribution is -2.28. The molecule has 0 unspecified atom stereocenters. The van der Waals surface area contributed by atoms with Crippen LogP contribution in [0.4, 0.5) is 11.8 Å². The maximum absolute atomic E-state index is 4.57. The van der Waals surface area contributed by atoms with Crippen LogP contribution in [-0.2, 0) is 0 Å². The largest absolute Gasteiger partial charge is 0.357 e. The predicted molar refractivity (Wildman–Crippen MR) is 71.6 cm³/mol. The van der Waals surface area contributed by atoms with Gasteiger partial charge >= 0.3 is 0 Å². The highest BCUT2D eigenvalue weighted by molar-refractivity contribution is 5.46. The molecule has 0 saturated heterocycles. The molecular formula is C13H22N4. The topological polar surface area (TPSA) is 41.1 Å². The fourth-order valence-corrected chi connectivity index (χ4v) is 2.01. The van der Waals surface area contributed by atoms with E-state index in [0.29, 0.717) is 6.04 Å². The van der Waals surface area contributed by atoms with Crippen molar-refractivity contribution in [2.24, 2.45) is 0 Å². The molecule has 4 nitrogen and oxygen atoms in total. The van der Waals surface area contributed by atoms with E-state index in [4.69, 9.17) is 0 Å². The molecule has 2 rings (SSSR count). The maximum atomic E-state index is 4.57. The van der Waals surface area contributed by atoms with Crippen LogP contribution in [0.15, 0.2) is 6.07 Å². The summed E-state index contributed by atoms with van der Waals surface area (Å²) in [5.41, 5.74) is 1.03. The molecule has 1 aliphatic carbocycles. The number of aromatic nitrogens is 2. The van der Waals surface area contributed by atoms with E-state index >= 15 is 0 Å². The summed E-state index contributed by atoms with van der Waals surface area (Å²) in [7, 11) is 1.87. The molecule has 1 N–H and O–H groups in total. The predicted octanol–water partition coefficient (Wildman–Crippen LogP) is 2.60. The van der Waals surface area contributed by atoms with Crippen molar-refractivity contribution in [3.8, 4) is 0 Å². The van der Waals surface area contributed by atoms with Gasteiger partial charge in [-0.3, -0.25) is 0 Å². The Hall–Kier alpha value is -1.32. The van der Waals surface area contributed by atoms with Gasteiger partial charge in [0.2, 0.25) is 5.95 Å². The van der Waals surface area contributed by atoms with E-state index in [0.717, 1.165) is 24.0 Å². The lowest BCUT2D eigenvalue weighted by molar-refractivity contribution is 0.703. The molecule has 4 heteroatoms. The molecule has 0 aliphatic heterocycles. The highest BCUT2D eigenvalue weighted by Gasteiger charge is 2.29. The second kappa shape index (κ2) is 5.34. The van der Waals surface area contributed by atoms with Crippen LogP contribution in [0, 0.1) is 6.92 Å². The van der Waals surface area contributed by atoms with Gasteiger partial charge in [0.1, 0.15) is 5.82 Å². The lowest BCUT2D eigenvalue weighted by atomic mass is 10.3. The molecule has 0 bridgehead atoms. The van der Waals surface area contributed by atoms with E-state index in [9.17, 15) is 0 Å². The van der Waals surface area contributed by atoms with Gasteiger partial charge in [-0.1, -0.05) is 13.3 Å². The molecule has 1 saturated carbocycles. The zero-order valence-electron chi connectivity index (χ0n) is 11.0. The number of aryl methyl sites for hydroxylation is 1. The third-order valence-electron chi connectivity index (χ3n) is 3.10. The minimum atomic E-state index is 0.709. The highest BCUT2D eigenvalue weighted by Crippen LogP contribution is 2.31. The first-order chi connectivity index (χ1) is 8.24. The number of nitrogens with zero attached hydrogens (tertiary/aromatic N) is 3. The third kappa shape index (κ3) is 3.08. The summed E-state index contributed by atoms with van der Waals surface area (Å²) in [5.74, 6) is 1.81. The lowest BCUT2D eigenvalue weighted by Gasteiger charge is -2.23. The van der Waals surface area contributed by atoms with Crippen LogP contribution in [0.2, 0.25) is 0 Å². The zero-order chi connectivity index (χ0) is 12.3. The van der Waals surface area contributed by atoms with Crippen LogP contribution >= 0.6 is 0 Å². The van der Waals surface area contributed by atoms with Gasteiger partial charge in [-0.05, 0) is 26.2 Å². The van der Waals surface area contributed by atoms with E-state index in [1.165, 1.54) is 25.7 Å². The summed E-state index contributed by atoms with van der Waals surface area (Å²) in [6.07, 6.45) is 5.07. The Morgan fingerprint density at radius 2 is 2.18 bits per heavy atom. The molecule has 1 aliphatic rings. The second-order valence-electron chi connectivity index (χ2n) is 4.72. The number of hydrogen-bond acceptors (Lipinski definition) is 4. The van der Waals surface area contributed by atoms with Crippen LogP contribution in [0.3, 0.4) is 0 Å².